The van der Waals surface area contributed by atoms with Crippen LogP contribution in [0.25, 0.3) is 0 Å². The molecule has 1 saturated carbocycles. The van der Waals surface area contributed by atoms with Crippen molar-refractivity contribution in [1.82, 2.24) is 10.3 Å². The molecule has 5 heteroatoms. The maximum atomic E-state index is 5.93. The first-order chi connectivity index (χ1) is 15.2. The first-order valence-corrected chi connectivity index (χ1v) is 12.5. The van der Waals surface area contributed by atoms with Gasteiger partial charge in [-0.25, -0.2) is 10.0 Å². The van der Waals surface area contributed by atoms with Crippen LogP contribution in [0.2, 0.25) is 0 Å². The van der Waals surface area contributed by atoms with E-state index >= 15 is 0 Å². The maximum Gasteiger partial charge on any atom is 0.146 e. The predicted molar refractivity (Wildman–Crippen MR) is 135 cm³/mol. The zero-order valence-corrected chi connectivity index (χ0v) is 20.2. The number of likely N-dealkylation sites (tertiary alicyclic amines) is 1. The molecule has 0 spiro atoms. The number of nitrogens with one attached hydrogen (secondary N) is 1. The maximum absolute atomic E-state index is 5.93. The van der Waals surface area contributed by atoms with E-state index in [1.54, 1.807) is 6.34 Å². The minimum Gasteiger partial charge on any atom is -0.328 e. The van der Waals surface area contributed by atoms with Gasteiger partial charge in [0.1, 0.15) is 12.2 Å². The Kier molecular flexibility index (Phi) is 11.7. The number of nitrogens with two attached hydrogens (primary N) is 1. The van der Waals surface area contributed by atoms with Gasteiger partial charge in [-0.05, 0) is 94.6 Å². The number of hydrazine groups is 1. The lowest BCUT2D eigenvalue weighted by atomic mass is 9.84. The van der Waals surface area contributed by atoms with Crippen LogP contribution < -0.4 is 16.2 Å². The summed E-state index contributed by atoms with van der Waals surface area (Å²) in [5, 5.41) is 1.85. The third kappa shape index (κ3) is 8.66. The van der Waals surface area contributed by atoms with Crippen LogP contribution in [0, 0.1) is 5.92 Å². The molecular formula is C26H45N5. The number of piperidine rings is 1. The van der Waals surface area contributed by atoms with Crippen molar-refractivity contribution in [3.8, 4) is 0 Å². The predicted octanol–water partition coefficient (Wildman–Crippen LogP) is 5.48. The van der Waals surface area contributed by atoms with E-state index in [1.807, 2.05) is 18.9 Å². The number of aliphatic imine (C=N–C) groups is 1. The molecule has 2 heterocycles. The second-order valence-corrected chi connectivity index (χ2v) is 8.63. The number of hydrogen-bond acceptors (Lipinski definition) is 5. The summed E-state index contributed by atoms with van der Waals surface area (Å²) in [5.74, 6) is 1.70. The Labute approximate surface area is 190 Å². The molecule has 3 aliphatic rings. The Balaban J connectivity index is 0.000000204. The summed E-state index contributed by atoms with van der Waals surface area (Å²) in [6, 6.07) is 8.86. The highest BCUT2D eigenvalue weighted by Gasteiger charge is 2.19. The van der Waals surface area contributed by atoms with E-state index in [2.05, 4.69) is 53.1 Å². The van der Waals surface area contributed by atoms with Gasteiger partial charge < -0.3 is 10.6 Å². The molecule has 0 bridgehead atoms. The average Bonchev–Trinajstić information content (AvgIpc) is 3.27. The minimum atomic E-state index is 0.510. The molecule has 0 unspecified atom stereocenters. The fourth-order valence-corrected chi connectivity index (χ4v) is 4.42. The third-order valence-electron chi connectivity index (χ3n) is 6.45. The zero-order chi connectivity index (χ0) is 22.5. The average molecular weight is 428 g/mol. The van der Waals surface area contributed by atoms with Crippen LogP contribution in [0.3, 0.4) is 0 Å². The largest absolute Gasteiger partial charge is 0.328 e. The SMILES string of the molecule is C=C1N=CNN1c1ccc(CC)cc1.CC.NC1CCC(CCN2CCCCC2)CC1. The number of nitrogens with zero attached hydrogens (tertiary/aromatic N) is 3. The molecule has 1 aliphatic carbocycles. The second-order valence-electron chi connectivity index (χ2n) is 8.63. The van der Waals surface area contributed by atoms with Gasteiger partial charge in [-0.15, -0.1) is 0 Å². The lowest BCUT2D eigenvalue weighted by Gasteiger charge is -2.30. The number of anilines is 1. The molecular weight excluding hydrogens is 382 g/mol. The Morgan fingerprint density at radius 1 is 1.03 bits per heavy atom. The summed E-state index contributed by atoms with van der Waals surface area (Å²) < 4.78 is 0. The highest BCUT2D eigenvalue weighted by Crippen LogP contribution is 2.26. The molecule has 0 radical (unpaired) electrons. The Morgan fingerprint density at radius 2 is 1.68 bits per heavy atom. The van der Waals surface area contributed by atoms with Crippen molar-refractivity contribution in [2.45, 2.75) is 84.6 Å². The molecule has 2 aliphatic heterocycles. The van der Waals surface area contributed by atoms with Crippen LogP contribution in [0.1, 0.15) is 77.7 Å². The first-order valence-electron chi connectivity index (χ1n) is 12.5. The van der Waals surface area contributed by atoms with Crippen LogP contribution in [-0.2, 0) is 6.42 Å². The molecule has 1 aromatic carbocycles. The monoisotopic (exact) mass is 427 g/mol. The molecule has 0 amide bonds. The molecule has 5 nitrogen and oxygen atoms in total. The number of hydrogen-bond donors (Lipinski definition) is 2. The molecule has 174 valence electrons. The zero-order valence-electron chi connectivity index (χ0n) is 20.2. The lowest BCUT2D eigenvalue weighted by Crippen LogP contribution is -2.33. The standard InChI is InChI=1S/C13H26N2.C11H13N3.C2H6/c14-13-6-4-12(5-7-13)8-11-15-9-2-1-3-10-15;1-3-10-4-6-11(7-5-10)14-9(2)12-8-13-14;1-2/h12-13H,1-11,14H2;4-8H,2-3H2,1H3,(H,12,13);1-2H3. The molecule has 1 saturated heterocycles. The second kappa shape index (κ2) is 14.3. The van der Waals surface area contributed by atoms with E-state index in [0.717, 1.165) is 18.0 Å². The van der Waals surface area contributed by atoms with Crippen molar-refractivity contribution in [1.29, 1.82) is 0 Å². The normalized spacial score (nSPS) is 23.4. The molecule has 2 fully saturated rings. The van der Waals surface area contributed by atoms with E-state index in [-0.39, 0.29) is 0 Å². The number of rotatable bonds is 5. The molecule has 0 atom stereocenters. The van der Waals surface area contributed by atoms with Crippen LogP contribution >= 0.6 is 0 Å². The topological polar surface area (TPSA) is 56.9 Å². The fourth-order valence-electron chi connectivity index (χ4n) is 4.42. The van der Waals surface area contributed by atoms with Gasteiger partial charge in [0, 0.05) is 6.04 Å². The number of aryl methyl sites for hydroxylation is 1. The van der Waals surface area contributed by atoms with Gasteiger partial charge in [-0.2, -0.15) is 0 Å². The summed E-state index contributed by atoms with van der Waals surface area (Å²) in [5.41, 5.74) is 11.3. The van der Waals surface area contributed by atoms with Gasteiger partial charge in [0.25, 0.3) is 0 Å². The Bertz CT molecular complexity index is 640. The van der Waals surface area contributed by atoms with Crippen LogP contribution in [0.15, 0.2) is 41.7 Å². The Morgan fingerprint density at radius 3 is 2.23 bits per heavy atom. The third-order valence-corrected chi connectivity index (χ3v) is 6.45. The van der Waals surface area contributed by atoms with E-state index in [4.69, 9.17) is 5.73 Å². The molecule has 3 N–H and O–H groups in total. The van der Waals surface area contributed by atoms with Gasteiger partial charge in [0.2, 0.25) is 0 Å². The van der Waals surface area contributed by atoms with Gasteiger partial charge in [0.05, 0.1) is 5.69 Å². The van der Waals surface area contributed by atoms with Crippen molar-refractivity contribution in [3.05, 3.63) is 42.2 Å². The van der Waals surface area contributed by atoms with Crippen molar-refractivity contribution < 1.29 is 0 Å². The van der Waals surface area contributed by atoms with Crippen molar-refractivity contribution in [2.75, 3.05) is 24.6 Å². The van der Waals surface area contributed by atoms with Gasteiger partial charge >= 0.3 is 0 Å². The highest BCUT2D eigenvalue weighted by atomic mass is 15.6. The van der Waals surface area contributed by atoms with E-state index in [9.17, 15) is 0 Å². The lowest BCUT2D eigenvalue weighted by molar-refractivity contribution is 0.198. The first kappa shape index (κ1) is 25.4. The van der Waals surface area contributed by atoms with Crippen LogP contribution in [0.5, 0.6) is 0 Å². The van der Waals surface area contributed by atoms with Crippen LogP contribution in [-0.4, -0.2) is 36.9 Å². The minimum absolute atomic E-state index is 0.510. The summed E-state index contributed by atoms with van der Waals surface area (Å²) in [4.78, 5) is 6.70. The van der Waals surface area contributed by atoms with Crippen LogP contribution in [0.4, 0.5) is 5.69 Å². The molecule has 0 aromatic heterocycles. The van der Waals surface area contributed by atoms with Gasteiger partial charge in [-0.3, -0.25) is 5.43 Å². The van der Waals surface area contributed by atoms with Gasteiger partial charge in [-0.1, -0.05) is 45.9 Å². The molecule has 31 heavy (non-hydrogen) atoms. The highest BCUT2D eigenvalue weighted by molar-refractivity contribution is 5.68. The van der Waals surface area contributed by atoms with Crippen molar-refractivity contribution in [2.24, 2.45) is 16.6 Å². The molecule has 4 rings (SSSR count). The van der Waals surface area contributed by atoms with Crippen molar-refractivity contribution in [3.63, 3.8) is 0 Å². The van der Waals surface area contributed by atoms with E-state index in [1.165, 1.54) is 76.6 Å². The van der Waals surface area contributed by atoms with Gasteiger partial charge in [0.15, 0.2) is 0 Å². The summed E-state index contributed by atoms with van der Waals surface area (Å²) in [7, 11) is 0. The van der Waals surface area contributed by atoms with Crippen molar-refractivity contribution >= 4 is 12.0 Å². The quantitative estimate of drug-likeness (QED) is 0.653. The fraction of sp³-hybridized carbons (Fsp3) is 0.654. The summed E-state index contributed by atoms with van der Waals surface area (Å²) in [6.45, 7) is 14.0. The summed E-state index contributed by atoms with van der Waals surface area (Å²) >= 11 is 0. The number of benzene rings is 1. The Hall–Kier alpha value is -1.85. The molecule has 1 aromatic rings. The summed E-state index contributed by atoms with van der Waals surface area (Å²) in [6.07, 6.45) is 13.7. The van der Waals surface area contributed by atoms with E-state index < -0.39 is 0 Å². The smallest absolute Gasteiger partial charge is 0.146 e. The van der Waals surface area contributed by atoms with E-state index in [0.29, 0.717) is 11.9 Å².